The quantitative estimate of drug-likeness (QED) is 0.649. The Morgan fingerprint density at radius 2 is 1.44 bits per heavy atom. The fraction of sp³-hybridized carbons (Fsp3) is 0.130. The fourth-order valence-corrected chi connectivity index (χ4v) is 6.16. The van der Waals surface area contributed by atoms with E-state index in [1.807, 2.05) is 74.5 Å². The highest BCUT2D eigenvalue weighted by Gasteiger charge is 2.53. The summed E-state index contributed by atoms with van der Waals surface area (Å²) in [6.07, 6.45) is 1.99. The molecule has 134 valence electrons. The van der Waals surface area contributed by atoms with Crippen LogP contribution < -0.4 is 0 Å². The maximum atomic E-state index is 13.7. The number of sulfonamides is 1. The molecule has 0 N–H and O–H groups in total. The highest BCUT2D eigenvalue weighted by molar-refractivity contribution is 7.89. The summed E-state index contributed by atoms with van der Waals surface area (Å²) in [5.74, 6) is 0. The molecule has 2 bridgehead atoms. The Morgan fingerprint density at radius 3 is 2.19 bits per heavy atom. The van der Waals surface area contributed by atoms with Gasteiger partial charge in [0.15, 0.2) is 0 Å². The third kappa shape index (κ3) is 2.05. The number of fused-ring (bicyclic) bond motifs is 7. The maximum Gasteiger partial charge on any atom is 0.265 e. The van der Waals surface area contributed by atoms with E-state index in [2.05, 4.69) is 6.07 Å². The first-order chi connectivity index (χ1) is 12.9. The average Bonchev–Trinajstić information content (AvgIpc) is 2.87. The van der Waals surface area contributed by atoms with Gasteiger partial charge < -0.3 is 0 Å². The van der Waals surface area contributed by atoms with Gasteiger partial charge in [0.2, 0.25) is 0 Å². The molecule has 0 saturated heterocycles. The van der Waals surface area contributed by atoms with E-state index in [4.69, 9.17) is 0 Å². The number of benzene rings is 3. The number of nitrogens with zero attached hydrogens (tertiary/aromatic N) is 1. The summed E-state index contributed by atoms with van der Waals surface area (Å²) in [5.41, 5.74) is 5.10. The molecule has 0 amide bonds. The second-order valence-electron chi connectivity index (χ2n) is 7.32. The lowest BCUT2D eigenvalue weighted by Gasteiger charge is -2.40. The Hall–Kier alpha value is -2.85. The van der Waals surface area contributed by atoms with Gasteiger partial charge in [0, 0.05) is 5.56 Å². The van der Waals surface area contributed by atoms with Gasteiger partial charge in [0.1, 0.15) is 5.54 Å². The summed E-state index contributed by atoms with van der Waals surface area (Å²) in [6.45, 7) is 3.97. The Morgan fingerprint density at radius 1 is 0.815 bits per heavy atom. The van der Waals surface area contributed by atoms with Gasteiger partial charge >= 0.3 is 0 Å². The van der Waals surface area contributed by atoms with Crippen molar-refractivity contribution in [1.29, 1.82) is 0 Å². The maximum absolute atomic E-state index is 13.7. The second kappa shape index (κ2) is 5.33. The third-order valence-electron chi connectivity index (χ3n) is 5.69. The van der Waals surface area contributed by atoms with Crippen molar-refractivity contribution in [2.24, 2.45) is 0 Å². The van der Waals surface area contributed by atoms with E-state index in [1.54, 1.807) is 16.4 Å². The van der Waals surface area contributed by atoms with Gasteiger partial charge in [-0.15, -0.1) is 0 Å². The first-order valence-corrected chi connectivity index (χ1v) is 10.4. The monoisotopic (exact) mass is 373 g/mol. The SMILES string of the molecule is Cc1ccc(S(=O)(=O)N2C3=Cc4ccccc4C2(C)c2ccccc23)cc1. The molecule has 5 rings (SSSR count). The Bertz CT molecular complexity index is 1200. The van der Waals surface area contributed by atoms with E-state index in [0.29, 0.717) is 4.90 Å². The molecular formula is C23H19NO2S. The van der Waals surface area contributed by atoms with Crippen LogP contribution in [0.1, 0.15) is 34.7 Å². The van der Waals surface area contributed by atoms with Gasteiger partial charge in [-0.1, -0.05) is 66.2 Å². The molecule has 3 aromatic carbocycles. The van der Waals surface area contributed by atoms with E-state index in [0.717, 1.165) is 33.5 Å². The molecule has 0 fully saturated rings. The van der Waals surface area contributed by atoms with E-state index < -0.39 is 15.6 Å². The molecule has 0 spiro atoms. The average molecular weight is 373 g/mol. The molecule has 2 heterocycles. The molecule has 27 heavy (non-hydrogen) atoms. The zero-order valence-electron chi connectivity index (χ0n) is 15.2. The summed E-state index contributed by atoms with van der Waals surface area (Å²) in [7, 11) is -3.72. The second-order valence-corrected chi connectivity index (χ2v) is 9.10. The fourth-order valence-electron chi connectivity index (χ4n) is 4.38. The van der Waals surface area contributed by atoms with Crippen molar-refractivity contribution in [1.82, 2.24) is 4.31 Å². The van der Waals surface area contributed by atoms with Crippen LogP contribution in [0, 0.1) is 6.92 Å². The van der Waals surface area contributed by atoms with Gasteiger partial charge in [-0.25, -0.2) is 8.42 Å². The van der Waals surface area contributed by atoms with Crippen LogP contribution in [0.3, 0.4) is 0 Å². The number of hydrogen-bond donors (Lipinski definition) is 0. The molecule has 0 aromatic heterocycles. The zero-order valence-corrected chi connectivity index (χ0v) is 16.0. The number of rotatable bonds is 2. The predicted octanol–water partition coefficient (Wildman–Crippen LogP) is 4.77. The van der Waals surface area contributed by atoms with Gasteiger partial charge in [-0.2, -0.15) is 0 Å². The van der Waals surface area contributed by atoms with Crippen LogP contribution in [0.25, 0.3) is 11.8 Å². The van der Waals surface area contributed by atoms with Gasteiger partial charge in [0.25, 0.3) is 10.0 Å². The Balaban J connectivity index is 1.82. The van der Waals surface area contributed by atoms with Crippen molar-refractivity contribution in [3.05, 3.63) is 101 Å². The molecule has 1 atom stereocenters. The molecule has 0 radical (unpaired) electrons. The molecule has 1 unspecified atom stereocenters. The van der Waals surface area contributed by atoms with Crippen LogP contribution in [0.15, 0.2) is 77.7 Å². The van der Waals surface area contributed by atoms with E-state index in [9.17, 15) is 8.42 Å². The lowest BCUT2D eigenvalue weighted by atomic mass is 9.83. The minimum atomic E-state index is -3.72. The van der Waals surface area contributed by atoms with Crippen LogP contribution in [0.2, 0.25) is 0 Å². The van der Waals surface area contributed by atoms with Gasteiger partial charge in [0.05, 0.1) is 10.6 Å². The summed E-state index contributed by atoms with van der Waals surface area (Å²) >= 11 is 0. The molecule has 2 aliphatic heterocycles. The zero-order chi connectivity index (χ0) is 18.8. The summed E-state index contributed by atoms with van der Waals surface area (Å²) in [4.78, 5) is 0.317. The van der Waals surface area contributed by atoms with Crippen molar-refractivity contribution < 1.29 is 8.42 Å². The van der Waals surface area contributed by atoms with Crippen molar-refractivity contribution in [2.45, 2.75) is 24.3 Å². The predicted molar refractivity (Wildman–Crippen MR) is 107 cm³/mol. The van der Waals surface area contributed by atoms with Crippen LogP contribution in [0.5, 0.6) is 0 Å². The highest BCUT2D eigenvalue weighted by Crippen LogP contribution is 2.56. The first kappa shape index (κ1) is 16.3. The summed E-state index contributed by atoms with van der Waals surface area (Å²) < 4.78 is 29.1. The Labute approximate surface area is 159 Å². The van der Waals surface area contributed by atoms with Crippen molar-refractivity contribution in [3.8, 4) is 0 Å². The molecule has 4 heteroatoms. The van der Waals surface area contributed by atoms with Crippen LogP contribution in [-0.4, -0.2) is 12.7 Å². The lowest BCUT2D eigenvalue weighted by Crippen LogP contribution is -2.44. The van der Waals surface area contributed by atoms with Gasteiger partial charge in [-0.3, -0.25) is 4.31 Å². The number of aryl methyl sites for hydroxylation is 1. The van der Waals surface area contributed by atoms with Crippen LogP contribution in [-0.2, 0) is 15.6 Å². The van der Waals surface area contributed by atoms with Crippen LogP contribution in [0.4, 0.5) is 0 Å². The lowest BCUT2D eigenvalue weighted by molar-refractivity contribution is 0.357. The molecular weight excluding hydrogens is 354 g/mol. The minimum absolute atomic E-state index is 0.317. The highest BCUT2D eigenvalue weighted by atomic mass is 32.2. The van der Waals surface area contributed by atoms with E-state index in [-0.39, 0.29) is 0 Å². The normalized spacial score (nSPS) is 20.1. The standard InChI is InChI=1S/C23H19NO2S/c1-16-11-13-18(14-12-16)27(25,26)24-22-15-17-7-3-5-9-20(17)23(24,2)21-10-6-4-8-19(21)22/h3-15H,1-2H3. The molecule has 3 nitrogen and oxygen atoms in total. The smallest absolute Gasteiger partial charge is 0.251 e. The third-order valence-corrected chi connectivity index (χ3v) is 7.60. The summed E-state index contributed by atoms with van der Waals surface area (Å²) in [5, 5.41) is 0. The Kier molecular flexibility index (Phi) is 3.23. The minimum Gasteiger partial charge on any atom is -0.251 e. The molecule has 0 saturated carbocycles. The number of hydrogen-bond acceptors (Lipinski definition) is 2. The van der Waals surface area contributed by atoms with Crippen LogP contribution >= 0.6 is 0 Å². The molecule has 2 aliphatic rings. The van der Waals surface area contributed by atoms with Crippen molar-refractivity contribution in [3.63, 3.8) is 0 Å². The molecule has 0 aliphatic carbocycles. The topological polar surface area (TPSA) is 37.4 Å². The summed E-state index contributed by atoms with van der Waals surface area (Å²) in [6, 6.07) is 23.1. The van der Waals surface area contributed by atoms with Crippen molar-refractivity contribution in [2.75, 3.05) is 0 Å². The largest absolute Gasteiger partial charge is 0.265 e. The van der Waals surface area contributed by atoms with Gasteiger partial charge in [-0.05, 0) is 48.7 Å². The van der Waals surface area contributed by atoms with E-state index in [1.165, 1.54) is 0 Å². The van der Waals surface area contributed by atoms with Crippen molar-refractivity contribution >= 4 is 21.8 Å². The molecule has 3 aromatic rings. The first-order valence-electron chi connectivity index (χ1n) is 8.97. The van der Waals surface area contributed by atoms with E-state index >= 15 is 0 Å².